The molecule has 0 atom stereocenters. The minimum absolute atomic E-state index is 0.186. The maximum absolute atomic E-state index is 11.6. The van der Waals surface area contributed by atoms with Crippen molar-refractivity contribution < 1.29 is 17.9 Å². The number of ether oxygens (including phenoxy) is 1. The van der Waals surface area contributed by atoms with E-state index in [1.165, 1.54) is 23.1 Å². The van der Waals surface area contributed by atoms with Gasteiger partial charge >= 0.3 is 5.97 Å². The van der Waals surface area contributed by atoms with E-state index in [1.807, 2.05) is 5.41 Å². The molecular weight excluding hydrogens is 324 g/mol. The highest BCUT2D eigenvalue weighted by molar-refractivity contribution is 8.02. The fraction of sp³-hybridized carbons (Fsp3) is 0.357. The summed E-state index contributed by atoms with van der Waals surface area (Å²) >= 11 is 1.45. The summed E-state index contributed by atoms with van der Waals surface area (Å²) in [5.41, 5.74) is 2.20. The van der Waals surface area contributed by atoms with Crippen LogP contribution in [0.2, 0.25) is 0 Å². The van der Waals surface area contributed by atoms with E-state index in [9.17, 15) is 13.2 Å². The van der Waals surface area contributed by atoms with Crippen LogP contribution >= 0.6 is 11.8 Å². The Kier molecular flexibility index (Phi) is 5.02. The molecule has 0 spiro atoms. The Bertz CT molecular complexity index is 714. The number of nitrogens with one attached hydrogen (secondary N) is 1. The zero-order valence-electron chi connectivity index (χ0n) is 12.6. The number of esters is 1. The van der Waals surface area contributed by atoms with E-state index in [-0.39, 0.29) is 12.4 Å². The predicted molar refractivity (Wildman–Crippen MR) is 88.5 cm³/mol. The van der Waals surface area contributed by atoms with Crippen molar-refractivity contribution in [3.05, 3.63) is 29.3 Å². The number of carbonyl (C=O) groups excluding carboxylic acids is 1. The smallest absolute Gasteiger partial charge is 0.311 e. The van der Waals surface area contributed by atoms with Crippen LogP contribution < -0.4 is 9.62 Å². The van der Waals surface area contributed by atoms with Crippen LogP contribution in [0.4, 0.5) is 11.4 Å². The molecule has 6 nitrogen and oxygen atoms in total. The molecule has 120 valence electrons. The number of hydrogen-bond acceptors (Lipinski definition) is 6. The van der Waals surface area contributed by atoms with Gasteiger partial charge in [-0.25, -0.2) is 8.42 Å². The first-order valence-corrected chi connectivity index (χ1v) is 9.40. The van der Waals surface area contributed by atoms with Crippen molar-refractivity contribution >= 4 is 39.1 Å². The molecule has 1 aliphatic heterocycles. The molecule has 0 aromatic heterocycles. The van der Waals surface area contributed by atoms with Crippen molar-refractivity contribution in [3.8, 4) is 0 Å². The number of nitrogens with zero attached hydrogens (tertiary/aromatic N) is 1. The Morgan fingerprint density at radius 2 is 2.14 bits per heavy atom. The summed E-state index contributed by atoms with van der Waals surface area (Å²) in [7, 11) is -1.77. The fourth-order valence-electron chi connectivity index (χ4n) is 1.89. The van der Waals surface area contributed by atoms with Crippen LogP contribution in [0.15, 0.2) is 34.2 Å². The van der Waals surface area contributed by atoms with Gasteiger partial charge in [0.1, 0.15) is 0 Å². The SMILES string of the molecule is CCOC(=O)CC1=CSc2cc(N(C)S(C)(=O)=O)ccc2N1. The Hall–Kier alpha value is -1.67. The molecular formula is C14H18N2O4S2. The lowest BCUT2D eigenvalue weighted by Gasteiger charge is -2.22. The van der Waals surface area contributed by atoms with Crippen LogP contribution in [0.3, 0.4) is 0 Å². The van der Waals surface area contributed by atoms with E-state index in [2.05, 4.69) is 5.32 Å². The molecule has 2 rings (SSSR count). The van der Waals surface area contributed by atoms with E-state index < -0.39 is 10.0 Å². The van der Waals surface area contributed by atoms with Crippen molar-refractivity contribution in [2.75, 3.05) is 29.5 Å². The Morgan fingerprint density at radius 1 is 1.41 bits per heavy atom. The monoisotopic (exact) mass is 342 g/mol. The Labute approximate surface area is 134 Å². The average Bonchev–Trinajstić information content (AvgIpc) is 2.45. The molecule has 1 N–H and O–H groups in total. The molecule has 0 aliphatic carbocycles. The number of carbonyl (C=O) groups is 1. The van der Waals surface area contributed by atoms with Gasteiger partial charge in [-0.3, -0.25) is 9.10 Å². The molecule has 1 aromatic carbocycles. The minimum atomic E-state index is -3.29. The molecule has 22 heavy (non-hydrogen) atoms. The van der Waals surface area contributed by atoms with E-state index >= 15 is 0 Å². The number of rotatable bonds is 5. The number of hydrogen-bond donors (Lipinski definition) is 1. The largest absolute Gasteiger partial charge is 0.466 e. The van der Waals surface area contributed by atoms with Crippen LogP contribution in [0.25, 0.3) is 0 Å². The lowest BCUT2D eigenvalue weighted by molar-refractivity contribution is -0.142. The van der Waals surface area contributed by atoms with Crippen LogP contribution in [-0.4, -0.2) is 34.3 Å². The first-order valence-electron chi connectivity index (χ1n) is 6.67. The number of sulfonamides is 1. The fourth-order valence-corrected chi connectivity index (χ4v) is 3.23. The van der Waals surface area contributed by atoms with E-state index in [0.29, 0.717) is 12.3 Å². The van der Waals surface area contributed by atoms with Gasteiger partial charge in [-0.15, -0.1) is 0 Å². The summed E-state index contributed by atoms with van der Waals surface area (Å²) in [6.45, 7) is 2.13. The van der Waals surface area contributed by atoms with Gasteiger partial charge in [-0.05, 0) is 30.5 Å². The second kappa shape index (κ2) is 6.62. The Balaban J connectivity index is 2.14. The third-order valence-electron chi connectivity index (χ3n) is 3.09. The van der Waals surface area contributed by atoms with E-state index in [1.54, 1.807) is 25.1 Å². The van der Waals surface area contributed by atoms with Gasteiger partial charge in [0.15, 0.2) is 0 Å². The van der Waals surface area contributed by atoms with Crippen LogP contribution in [0, 0.1) is 0 Å². The van der Waals surface area contributed by atoms with Gasteiger partial charge in [-0.2, -0.15) is 0 Å². The zero-order chi connectivity index (χ0) is 16.3. The Morgan fingerprint density at radius 3 is 2.77 bits per heavy atom. The van der Waals surface area contributed by atoms with Crippen molar-refractivity contribution in [2.24, 2.45) is 0 Å². The molecule has 0 unspecified atom stereocenters. The van der Waals surface area contributed by atoms with Crippen LogP contribution in [0.5, 0.6) is 0 Å². The van der Waals surface area contributed by atoms with Gasteiger partial charge in [0.05, 0.1) is 30.7 Å². The molecule has 8 heteroatoms. The first-order chi connectivity index (χ1) is 10.3. The van der Waals surface area contributed by atoms with Crippen molar-refractivity contribution in [2.45, 2.75) is 18.2 Å². The van der Waals surface area contributed by atoms with Crippen LogP contribution in [-0.2, 0) is 19.6 Å². The van der Waals surface area contributed by atoms with Crippen LogP contribution in [0.1, 0.15) is 13.3 Å². The van der Waals surface area contributed by atoms with E-state index in [0.717, 1.165) is 22.5 Å². The third-order valence-corrected chi connectivity index (χ3v) is 5.29. The van der Waals surface area contributed by atoms with Gasteiger partial charge in [-0.1, -0.05) is 11.8 Å². The second-order valence-corrected chi connectivity index (χ2v) is 7.70. The van der Waals surface area contributed by atoms with Crippen molar-refractivity contribution in [1.29, 1.82) is 0 Å². The molecule has 0 saturated heterocycles. The molecule has 1 aliphatic rings. The van der Waals surface area contributed by atoms with Gasteiger partial charge in [0, 0.05) is 17.6 Å². The first kappa shape index (κ1) is 16.7. The zero-order valence-corrected chi connectivity index (χ0v) is 14.3. The molecule has 0 bridgehead atoms. The maximum atomic E-state index is 11.6. The van der Waals surface area contributed by atoms with Crippen molar-refractivity contribution in [1.82, 2.24) is 0 Å². The highest BCUT2D eigenvalue weighted by Gasteiger charge is 2.17. The number of thioether (sulfide) groups is 1. The van der Waals surface area contributed by atoms with Gasteiger partial charge in [0.2, 0.25) is 10.0 Å². The van der Waals surface area contributed by atoms with E-state index in [4.69, 9.17) is 4.74 Å². The molecule has 0 amide bonds. The summed E-state index contributed by atoms with van der Waals surface area (Å²) < 4.78 is 29.3. The molecule has 1 aromatic rings. The molecule has 0 saturated carbocycles. The number of anilines is 2. The van der Waals surface area contributed by atoms with Gasteiger partial charge in [0.25, 0.3) is 0 Å². The standard InChI is InChI=1S/C14H18N2O4S2/c1-4-20-14(17)7-10-9-21-13-8-11(5-6-12(13)15-10)16(2)22(3,18)19/h5-6,8-9,15H,4,7H2,1-3H3. The molecule has 0 fully saturated rings. The lowest BCUT2D eigenvalue weighted by atomic mass is 10.2. The average molecular weight is 342 g/mol. The number of benzene rings is 1. The summed E-state index contributed by atoms with van der Waals surface area (Å²) in [6.07, 6.45) is 1.35. The van der Waals surface area contributed by atoms with Crippen molar-refractivity contribution in [3.63, 3.8) is 0 Å². The lowest BCUT2D eigenvalue weighted by Crippen LogP contribution is -2.24. The minimum Gasteiger partial charge on any atom is -0.466 e. The van der Waals surface area contributed by atoms with Gasteiger partial charge < -0.3 is 10.1 Å². The topological polar surface area (TPSA) is 75.7 Å². The quantitative estimate of drug-likeness (QED) is 0.828. The summed E-state index contributed by atoms with van der Waals surface area (Å²) in [6, 6.07) is 5.32. The second-order valence-electron chi connectivity index (χ2n) is 4.78. The summed E-state index contributed by atoms with van der Waals surface area (Å²) in [5.74, 6) is -0.279. The maximum Gasteiger partial charge on any atom is 0.311 e. The highest BCUT2D eigenvalue weighted by Crippen LogP contribution is 2.37. The summed E-state index contributed by atoms with van der Waals surface area (Å²) in [4.78, 5) is 12.4. The normalized spacial score (nSPS) is 13.7. The number of fused-ring (bicyclic) bond motifs is 1. The third kappa shape index (κ3) is 3.95. The predicted octanol–water partition coefficient (Wildman–Crippen LogP) is 2.39. The molecule has 0 radical (unpaired) electrons. The highest BCUT2D eigenvalue weighted by atomic mass is 32.2. The summed E-state index contributed by atoms with van der Waals surface area (Å²) in [5, 5.41) is 5.00. The molecule has 1 heterocycles.